The standard InChI is InChI=1S/C23H25N3O3S/c1-3-29-22(28)21-17(2)24-23(30-21)25-20(27)16-26(14-18-10-6-4-7-11-18)15-19-12-8-5-9-13-19/h4-13H,3,14-16H2,1-2H3,(H,24,25,27). The molecule has 0 saturated heterocycles. The number of nitrogens with one attached hydrogen (secondary N) is 1. The van der Waals surface area contributed by atoms with E-state index in [1.54, 1.807) is 13.8 Å². The Balaban J connectivity index is 1.68. The lowest BCUT2D eigenvalue weighted by atomic mass is 10.1. The largest absolute Gasteiger partial charge is 0.462 e. The summed E-state index contributed by atoms with van der Waals surface area (Å²) >= 11 is 1.13. The number of aromatic nitrogens is 1. The predicted molar refractivity (Wildman–Crippen MR) is 118 cm³/mol. The number of nitrogens with zero attached hydrogens (tertiary/aromatic N) is 2. The molecular weight excluding hydrogens is 398 g/mol. The molecule has 0 unspecified atom stereocenters. The van der Waals surface area contributed by atoms with Crippen LogP contribution in [0.15, 0.2) is 60.7 Å². The van der Waals surface area contributed by atoms with Gasteiger partial charge in [0.1, 0.15) is 4.88 Å². The highest BCUT2D eigenvalue weighted by Crippen LogP contribution is 2.23. The SMILES string of the molecule is CCOC(=O)c1sc(NC(=O)CN(Cc2ccccc2)Cc2ccccc2)nc1C. The van der Waals surface area contributed by atoms with E-state index in [2.05, 4.69) is 15.2 Å². The highest BCUT2D eigenvalue weighted by molar-refractivity contribution is 7.17. The third-order valence-corrected chi connectivity index (χ3v) is 5.42. The van der Waals surface area contributed by atoms with Crippen LogP contribution in [-0.2, 0) is 22.6 Å². The Hall–Kier alpha value is -3.03. The lowest BCUT2D eigenvalue weighted by Crippen LogP contribution is -2.32. The molecule has 0 aliphatic carbocycles. The van der Waals surface area contributed by atoms with Crippen LogP contribution in [0.1, 0.15) is 33.4 Å². The van der Waals surface area contributed by atoms with Crippen LogP contribution in [0, 0.1) is 6.92 Å². The highest BCUT2D eigenvalue weighted by atomic mass is 32.1. The minimum Gasteiger partial charge on any atom is -0.462 e. The monoisotopic (exact) mass is 423 g/mol. The molecule has 1 N–H and O–H groups in total. The average Bonchev–Trinajstić information content (AvgIpc) is 3.09. The zero-order chi connectivity index (χ0) is 21.3. The lowest BCUT2D eigenvalue weighted by Gasteiger charge is -2.22. The van der Waals surface area contributed by atoms with Gasteiger partial charge in [0, 0.05) is 13.1 Å². The molecule has 1 heterocycles. The molecule has 6 nitrogen and oxygen atoms in total. The maximum atomic E-state index is 12.7. The van der Waals surface area contributed by atoms with Gasteiger partial charge in [-0.05, 0) is 25.0 Å². The van der Waals surface area contributed by atoms with Crippen molar-refractivity contribution in [2.45, 2.75) is 26.9 Å². The van der Waals surface area contributed by atoms with Crippen LogP contribution in [0.2, 0.25) is 0 Å². The number of rotatable bonds is 9. The molecule has 7 heteroatoms. The van der Waals surface area contributed by atoms with Crippen LogP contribution >= 0.6 is 11.3 Å². The molecule has 0 atom stereocenters. The lowest BCUT2D eigenvalue weighted by molar-refractivity contribution is -0.117. The van der Waals surface area contributed by atoms with E-state index in [4.69, 9.17) is 4.74 Å². The summed E-state index contributed by atoms with van der Waals surface area (Å²) in [4.78, 5) is 31.5. The van der Waals surface area contributed by atoms with Crippen LogP contribution in [0.25, 0.3) is 0 Å². The minimum atomic E-state index is -0.414. The topological polar surface area (TPSA) is 71.5 Å². The zero-order valence-electron chi connectivity index (χ0n) is 17.1. The molecule has 1 amide bonds. The summed E-state index contributed by atoms with van der Waals surface area (Å²) in [6, 6.07) is 20.1. The number of carbonyl (C=O) groups is 2. The van der Waals surface area contributed by atoms with Crippen LogP contribution in [0.5, 0.6) is 0 Å². The molecule has 0 spiro atoms. The molecule has 3 aromatic rings. The van der Waals surface area contributed by atoms with Gasteiger partial charge in [0.15, 0.2) is 5.13 Å². The molecule has 1 aromatic heterocycles. The summed E-state index contributed by atoms with van der Waals surface area (Å²) in [5.74, 6) is -0.589. The van der Waals surface area contributed by atoms with Gasteiger partial charge in [0.2, 0.25) is 5.91 Å². The Bertz CT molecular complexity index is 932. The van der Waals surface area contributed by atoms with E-state index in [0.717, 1.165) is 22.5 Å². The van der Waals surface area contributed by atoms with Gasteiger partial charge in [0.25, 0.3) is 0 Å². The Morgan fingerprint density at radius 1 is 1.00 bits per heavy atom. The van der Waals surface area contributed by atoms with E-state index in [0.29, 0.717) is 35.4 Å². The second-order valence-electron chi connectivity index (χ2n) is 6.82. The first-order chi connectivity index (χ1) is 14.5. The minimum absolute atomic E-state index is 0.175. The zero-order valence-corrected chi connectivity index (χ0v) is 17.9. The van der Waals surface area contributed by atoms with E-state index in [1.807, 2.05) is 60.7 Å². The van der Waals surface area contributed by atoms with Crippen molar-refractivity contribution in [1.82, 2.24) is 9.88 Å². The fraction of sp³-hybridized carbons (Fsp3) is 0.261. The second kappa shape index (κ2) is 10.7. The van der Waals surface area contributed by atoms with Crippen molar-refractivity contribution < 1.29 is 14.3 Å². The van der Waals surface area contributed by atoms with Crippen LogP contribution in [0.3, 0.4) is 0 Å². The number of benzene rings is 2. The van der Waals surface area contributed by atoms with Crippen molar-refractivity contribution in [3.05, 3.63) is 82.4 Å². The first-order valence-corrected chi connectivity index (χ1v) is 10.6. The van der Waals surface area contributed by atoms with E-state index < -0.39 is 5.97 Å². The van der Waals surface area contributed by atoms with Crippen LogP contribution < -0.4 is 5.32 Å². The number of anilines is 1. The van der Waals surface area contributed by atoms with Crippen molar-refractivity contribution in [2.75, 3.05) is 18.5 Å². The maximum Gasteiger partial charge on any atom is 0.350 e. The number of hydrogen-bond acceptors (Lipinski definition) is 6. The molecular formula is C23H25N3O3S. The first-order valence-electron chi connectivity index (χ1n) is 9.79. The smallest absolute Gasteiger partial charge is 0.350 e. The van der Waals surface area contributed by atoms with Gasteiger partial charge >= 0.3 is 5.97 Å². The Kier molecular flexibility index (Phi) is 7.70. The van der Waals surface area contributed by atoms with E-state index >= 15 is 0 Å². The molecule has 0 radical (unpaired) electrons. The van der Waals surface area contributed by atoms with Crippen LogP contribution in [0.4, 0.5) is 5.13 Å². The molecule has 156 valence electrons. The fourth-order valence-electron chi connectivity index (χ4n) is 3.05. The number of ether oxygens (including phenoxy) is 1. The predicted octanol–water partition coefficient (Wildman–Crippen LogP) is 4.27. The van der Waals surface area contributed by atoms with Gasteiger partial charge < -0.3 is 10.1 Å². The fourth-order valence-corrected chi connectivity index (χ4v) is 3.93. The van der Waals surface area contributed by atoms with Gasteiger partial charge in [-0.3, -0.25) is 9.69 Å². The highest BCUT2D eigenvalue weighted by Gasteiger charge is 2.19. The van der Waals surface area contributed by atoms with Gasteiger partial charge in [-0.1, -0.05) is 72.0 Å². The summed E-state index contributed by atoms with van der Waals surface area (Å²) in [6.07, 6.45) is 0. The summed E-state index contributed by atoms with van der Waals surface area (Å²) in [5.41, 5.74) is 2.83. The van der Waals surface area contributed by atoms with Crippen molar-refractivity contribution in [1.29, 1.82) is 0 Å². The van der Waals surface area contributed by atoms with E-state index in [1.165, 1.54) is 0 Å². The second-order valence-corrected chi connectivity index (χ2v) is 7.82. The summed E-state index contributed by atoms with van der Waals surface area (Å²) in [6.45, 7) is 5.28. The van der Waals surface area contributed by atoms with Crippen molar-refractivity contribution in [3.8, 4) is 0 Å². The Morgan fingerprint density at radius 2 is 1.57 bits per heavy atom. The van der Waals surface area contributed by atoms with Gasteiger partial charge in [0.05, 0.1) is 18.8 Å². The first kappa shape index (κ1) is 21.7. The van der Waals surface area contributed by atoms with Crippen molar-refractivity contribution >= 4 is 28.3 Å². The number of aryl methyl sites for hydroxylation is 1. The molecule has 0 bridgehead atoms. The molecule has 2 aromatic carbocycles. The van der Waals surface area contributed by atoms with E-state index in [-0.39, 0.29) is 12.5 Å². The number of thiazole rings is 1. The van der Waals surface area contributed by atoms with Gasteiger partial charge in [-0.2, -0.15) is 0 Å². The summed E-state index contributed by atoms with van der Waals surface area (Å²) in [7, 11) is 0. The molecule has 0 fully saturated rings. The number of hydrogen-bond donors (Lipinski definition) is 1. The van der Waals surface area contributed by atoms with Gasteiger partial charge in [-0.25, -0.2) is 9.78 Å². The molecule has 3 rings (SSSR count). The van der Waals surface area contributed by atoms with Gasteiger partial charge in [-0.15, -0.1) is 0 Å². The quantitative estimate of drug-likeness (QED) is 0.521. The number of carbonyl (C=O) groups excluding carboxylic acids is 2. The normalized spacial score (nSPS) is 10.8. The Labute approximate surface area is 180 Å². The van der Waals surface area contributed by atoms with Crippen LogP contribution in [-0.4, -0.2) is 34.9 Å². The Morgan fingerprint density at radius 3 is 2.10 bits per heavy atom. The van der Waals surface area contributed by atoms with Crippen molar-refractivity contribution in [3.63, 3.8) is 0 Å². The molecule has 0 aliphatic rings. The summed E-state index contributed by atoms with van der Waals surface area (Å²) in [5, 5.41) is 3.22. The number of esters is 1. The maximum absolute atomic E-state index is 12.7. The van der Waals surface area contributed by atoms with E-state index in [9.17, 15) is 9.59 Å². The average molecular weight is 424 g/mol. The molecule has 30 heavy (non-hydrogen) atoms. The third kappa shape index (κ3) is 6.23. The summed E-state index contributed by atoms with van der Waals surface area (Å²) < 4.78 is 5.03. The number of amides is 1. The molecule has 0 saturated carbocycles. The van der Waals surface area contributed by atoms with Crippen molar-refractivity contribution in [2.24, 2.45) is 0 Å². The molecule has 0 aliphatic heterocycles. The third-order valence-electron chi connectivity index (χ3n) is 4.37.